The summed E-state index contributed by atoms with van der Waals surface area (Å²) < 4.78 is 36.0. The Hall–Kier alpha value is -1.39. The van der Waals surface area contributed by atoms with Crippen molar-refractivity contribution in [3.8, 4) is 0 Å². The van der Waals surface area contributed by atoms with Gasteiger partial charge in [0.15, 0.2) is 5.78 Å². The number of nitrogens with zero attached hydrogens (tertiary/aromatic N) is 1. The van der Waals surface area contributed by atoms with Gasteiger partial charge in [-0.15, -0.1) is 0 Å². The maximum atomic E-state index is 12.0. The van der Waals surface area contributed by atoms with E-state index in [1.54, 1.807) is 0 Å². The van der Waals surface area contributed by atoms with E-state index in [1.807, 2.05) is 0 Å². The number of ketones is 1. The van der Waals surface area contributed by atoms with E-state index >= 15 is 0 Å². The van der Waals surface area contributed by atoms with Gasteiger partial charge in [-0.3, -0.25) is 9.78 Å². The van der Waals surface area contributed by atoms with Gasteiger partial charge in [-0.05, 0) is 12.1 Å². The molecule has 0 radical (unpaired) electrons. The third-order valence-electron chi connectivity index (χ3n) is 1.45. The Bertz CT molecular complexity index is 315. The summed E-state index contributed by atoms with van der Waals surface area (Å²) in [6, 6.07) is 1.90. The van der Waals surface area contributed by atoms with Crippen molar-refractivity contribution in [1.82, 2.24) is 4.98 Å². The number of rotatable bonds is 1. The number of hydrogen-bond acceptors (Lipinski definition) is 2. The van der Waals surface area contributed by atoms with Crippen LogP contribution in [0.2, 0.25) is 0 Å². The van der Waals surface area contributed by atoms with Gasteiger partial charge in [0, 0.05) is 13.1 Å². The van der Waals surface area contributed by atoms with E-state index in [2.05, 4.69) is 4.98 Å². The fourth-order valence-corrected chi connectivity index (χ4v) is 0.770. The molecule has 0 bridgehead atoms. The summed E-state index contributed by atoms with van der Waals surface area (Å²) in [6.45, 7) is 1.25. The molecule has 0 saturated carbocycles. The van der Waals surface area contributed by atoms with Gasteiger partial charge in [0.1, 0.15) is 5.69 Å². The molecular formula is C8H6F3NO. The average molecular weight is 189 g/mol. The predicted molar refractivity (Wildman–Crippen MR) is 39.2 cm³/mol. The molecule has 0 aliphatic heterocycles. The summed E-state index contributed by atoms with van der Waals surface area (Å²) >= 11 is 0. The molecule has 1 aromatic rings. The van der Waals surface area contributed by atoms with Crippen molar-refractivity contribution in [3.63, 3.8) is 0 Å². The van der Waals surface area contributed by atoms with Gasteiger partial charge in [0.05, 0.1) is 5.56 Å². The van der Waals surface area contributed by atoms with Crippen molar-refractivity contribution < 1.29 is 18.0 Å². The zero-order valence-electron chi connectivity index (χ0n) is 6.72. The van der Waals surface area contributed by atoms with Crippen LogP contribution in [0.3, 0.4) is 0 Å². The Kier molecular flexibility index (Phi) is 2.36. The van der Waals surface area contributed by atoms with Crippen molar-refractivity contribution in [2.45, 2.75) is 13.1 Å². The maximum absolute atomic E-state index is 12.0. The molecular weight excluding hydrogens is 183 g/mol. The largest absolute Gasteiger partial charge is 0.417 e. The first kappa shape index (κ1) is 9.70. The number of aromatic nitrogens is 1. The summed E-state index contributed by atoms with van der Waals surface area (Å²) in [5.74, 6) is -0.353. The van der Waals surface area contributed by atoms with Crippen LogP contribution in [-0.2, 0) is 6.18 Å². The molecule has 0 saturated heterocycles. The highest BCUT2D eigenvalue weighted by atomic mass is 19.4. The van der Waals surface area contributed by atoms with Crippen molar-refractivity contribution in [2.24, 2.45) is 0 Å². The van der Waals surface area contributed by atoms with Crippen LogP contribution in [0.15, 0.2) is 18.3 Å². The quantitative estimate of drug-likeness (QED) is 0.634. The van der Waals surface area contributed by atoms with E-state index in [4.69, 9.17) is 0 Å². The number of pyridine rings is 1. The standard InChI is InChI=1S/C8H6F3NO/c1-5(13)7-3-2-6(4-12-7)8(9,10)11/h2-4H,1H3. The summed E-state index contributed by atoms with van der Waals surface area (Å²) in [6.07, 6.45) is -3.75. The Balaban J connectivity index is 3.01. The van der Waals surface area contributed by atoms with E-state index in [9.17, 15) is 18.0 Å². The highest BCUT2D eigenvalue weighted by molar-refractivity contribution is 5.91. The Morgan fingerprint density at radius 1 is 1.38 bits per heavy atom. The molecule has 0 aliphatic rings. The van der Waals surface area contributed by atoms with Gasteiger partial charge in [-0.1, -0.05) is 0 Å². The minimum atomic E-state index is -4.40. The van der Waals surface area contributed by atoms with Gasteiger partial charge < -0.3 is 0 Å². The van der Waals surface area contributed by atoms with Crippen molar-refractivity contribution in [3.05, 3.63) is 29.6 Å². The first-order valence-electron chi connectivity index (χ1n) is 3.45. The summed E-state index contributed by atoms with van der Waals surface area (Å²) in [5.41, 5.74) is -0.814. The van der Waals surface area contributed by atoms with E-state index in [0.717, 1.165) is 12.1 Å². The topological polar surface area (TPSA) is 30.0 Å². The lowest BCUT2D eigenvalue weighted by atomic mass is 10.2. The lowest BCUT2D eigenvalue weighted by Crippen LogP contribution is -2.06. The van der Waals surface area contributed by atoms with Crippen LogP contribution in [-0.4, -0.2) is 10.8 Å². The second-order valence-corrected chi connectivity index (χ2v) is 2.49. The Morgan fingerprint density at radius 2 is 2.00 bits per heavy atom. The third-order valence-corrected chi connectivity index (χ3v) is 1.45. The second-order valence-electron chi connectivity index (χ2n) is 2.49. The molecule has 0 fully saturated rings. The molecule has 13 heavy (non-hydrogen) atoms. The molecule has 0 spiro atoms. The number of hydrogen-bond donors (Lipinski definition) is 0. The molecule has 0 amide bonds. The van der Waals surface area contributed by atoms with E-state index in [1.165, 1.54) is 6.92 Å². The lowest BCUT2D eigenvalue weighted by Gasteiger charge is -2.05. The summed E-state index contributed by atoms with van der Waals surface area (Å²) in [5, 5.41) is 0. The zero-order chi connectivity index (χ0) is 10.1. The van der Waals surface area contributed by atoms with Gasteiger partial charge in [0.25, 0.3) is 0 Å². The number of carbonyl (C=O) groups is 1. The van der Waals surface area contributed by atoms with Crippen molar-refractivity contribution in [1.29, 1.82) is 0 Å². The molecule has 0 unspecified atom stereocenters. The molecule has 2 nitrogen and oxygen atoms in total. The van der Waals surface area contributed by atoms with E-state index in [0.29, 0.717) is 6.20 Å². The molecule has 0 aliphatic carbocycles. The minimum Gasteiger partial charge on any atom is -0.293 e. The fourth-order valence-electron chi connectivity index (χ4n) is 0.770. The van der Waals surface area contributed by atoms with Gasteiger partial charge in [0.2, 0.25) is 0 Å². The van der Waals surface area contributed by atoms with Crippen LogP contribution < -0.4 is 0 Å². The fraction of sp³-hybridized carbons (Fsp3) is 0.250. The highest BCUT2D eigenvalue weighted by Gasteiger charge is 2.30. The highest BCUT2D eigenvalue weighted by Crippen LogP contribution is 2.28. The molecule has 1 rings (SSSR count). The molecule has 0 aromatic carbocycles. The van der Waals surface area contributed by atoms with Crippen LogP contribution in [0.1, 0.15) is 23.0 Å². The summed E-state index contributed by atoms with van der Waals surface area (Å²) in [7, 11) is 0. The Morgan fingerprint density at radius 3 is 2.31 bits per heavy atom. The molecule has 0 N–H and O–H groups in total. The van der Waals surface area contributed by atoms with Crippen LogP contribution in [0.5, 0.6) is 0 Å². The SMILES string of the molecule is CC(=O)c1ccc(C(F)(F)F)cn1. The molecule has 0 atom stereocenters. The predicted octanol–water partition coefficient (Wildman–Crippen LogP) is 2.30. The molecule has 1 aromatic heterocycles. The first-order valence-corrected chi connectivity index (χ1v) is 3.45. The van der Waals surface area contributed by atoms with Gasteiger partial charge in [-0.25, -0.2) is 0 Å². The smallest absolute Gasteiger partial charge is 0.293 e. The minimum absolute atomic E-state index is 0.0352. The van der Waals surface area contributed by atoms with Gasteiger partial charge >= 0.3 is 6.18 Å². The van der Waals surface area contributed by atoms with Crippen LogP contribution in [0, 0.1) is 0 Å². The monoisotopic (exact) mass is 189 g/mol. The van der Waals surface area contributed by atoms with Gasteiger partial charge in [-0.2, -0.15) is 13.2 Å². The first-order chi connectivity index (χ1) is 5.91. The molecule has 70 valence electrons. The summed E-state index contributed by atoms with van der Waals surface area (Å²) in [4.78, 5) is 14.0. The van der Waals surface area contributed by atoms with Crippen LogP contribution in [0.25, 0.3) is 0 Å². The van der Waals surface area contributed by atoms with Crippen LogP contribution >= 0.6 is 0 Å². The number of carbonyl (C=O) groups excluding carboxylic acids is 1. The van der Waals surface area contributed by atoms with Crippen LogP contribution in [0.4, 0.5) is 13.2 Å². The zero-order valence-corrected chi connectivity index (χ0v) is 6.72. The molecule has 1 heterocycles. The number of Topliss-reactive ketones (excluding diaryl/α,β-unsaturated/α-hetero) is 1. The number of alkyl halides is 3. The number of halogens is 3. The average Bonchev–Trinajstić information content (AvgIpc) is 2.03. The maximum Gasteiger partial charge on any atom is 0.417 e. The van der Waals surface area contributed by atoms with Crippen molar-refractivity contribution >= 4 is 5.78 Å². The second kappa shape index (κ2) is 3.16. The molecule has 5 heteroatoms. The van der Waals surface area contributed by atoms with Crippen molar-refractivity contribution in [2.75, 3.05) is 0 Å². The normalized spacial score (nSPS) is 11.4. The Labute approximate surface area is 72.4 Å². The van der Waals surface area contributed by atoms with E-state index in [-0.39, 0.29) is 11.5 Å². The lowest BCUT2D eigenvalue weighted by molar-refractivity contribution is -0.137. The van der Waals surface area contributed by atoms with E-state index < -0.39 is 11.7 Å². The third kappa shape index (κ3) is 2.27.